The summed E-state index contributed by atoms with van der Waals surface area (Å²) >= 11 is 1.41. The van der Waals surface area contributed by atoms with Crippen molar-refractivity contribution in [2.45, 2.75) is 12.5 Å². The Balaban J connectivity index is 1.82. The predicted molar refractivity (Wildman–Crippen MR) is 74.1 cm³/mol. The second kappa shape index (κ2) is 6.60. The van der Waals surface area contributed by atoms with E-state index in [-0.39, 0.29) is 11.8 Å². The molecule has 1 aromatic rings. The van der Waals surface area contributed by atoms with Crippen molar-refractivity contribution in [2.24, 2.45) is 0 Å². The van der Waals surface area contributed by atoms with Crippen LogP contribution in [0.1, 0.15) is 5.56 Å². The van der Waals surface area contributed by atoms with Gasteiger partial charge < -0.3 is 15.3 Å². The first-order chi connectivity index (χ1) is 9.58. The van der Waals surface area contributed by atoms with E-state index in [2.05, 4.69) is 5.32 Å². The molecule has 0 radical (unpaired) electrons. The summed E-state index contributed by atoms with van der Waals surface area (Å²) in [5.74, 6) is -0.513. The number of urea groups is 1. The topological polar surface area (TPSA) is 69.6 Å². The van der Waals surface area contributed by atoms with Gasteiger partial charge in [0, 0.05) is 12.3 Å². The maximum atomic E-state index is 13.0. The zero-order valence-corrected chi connectivity index (χ0v) is 11.5. The van der Waals surface area contributed by atoms with Gasteiger partial charge in [-0.05, 0) is 24.1 Å². The molecule has 1 unspecified atom stereocenters. The molecule has 108 valence electrons. The summed E-state index contributed by atoms with van der Waals surface area (Å²) in [6, 6.07) is 5.01. The van der Waals surface area contributed by atoms with Crippen molar-refractivity contribution < 1.29 is 19.1 Å². The van der Waals surface area contributed by atoms with Crippen molar-refractivity contribution in [3.8, 4) is 0 Å². The number of amides is 2. The van der Waals surface area contributed by atoms with Crippen LogP contribution in [0.5, 0.6) is 0 Å². The van der Waals surface area contributed by atoms with E-state index in [0.717, 1.165) is 5.56 Å². The Kier molecular flexibility index (Phi) is 4.84. The predicted octanol–water partition coefficient (Wildman–Crippen LogP) is 1.54. The molecule has 1 saturated heterocycles. The molecule has 1 aliphatic heterocycles. The molecule has 7 heteroatoms. The van der Waals surface area contributed by atoms with Gasteiger partial charge >= 0.3 is 12.0 Å². The maximum absolute atomic E-state index is 13.0. The number of hydrogen-bond donors (Lipinski definition) is 2. The van der Waals surface area contributed by atoms with Crippen LogP contribution < -0.4 is 5.32 Å². The lowest BCUT2D eigenvalue weighted by atomic mass is 10.1. The van der Waals surface area contributed by atoms with Crippen LogP contribution in [0.3, 0.4) is 0 Å². The summed E-state index contributed by atoms with van der Waals surface area (Å²) in [5, 5.41) is 11.7. The van der Waals surface area contributed by atoms with Crippen LogP contribution in [0, 0.1) is 5.82 Å². The Morgan fingerprint density at radius 2 is 2.30 bits per heavy atom. The minimum absolute atomic E-state index is 0.310. The molecule has 1 fully saturated rings. The number of nitrogens with one attached hydrogen (secondary N) is 1. The third kappa shape index (κ3) is 3.63. The molecule has 20 heavy (non-hydrogen) atoms. The molecule has 0 saturated carbocycles. The van der Waals surface area contributed by atoms with E-state index < -0.39 is 12.0 Å². The number of benzene rings is 1. The van der Waals surface area contributed by atoms with Crippen LogP contribution in [0.4, 0.5) is 9.18 Å². The Morgan fingerprint density at radius 3 is 3.00 bits per heavy atom. The molecule has 2 rings (SSSR count). The smallest absolute Gasteiger partial charge is 0.327 e. The molecular formula is C13H15FN2O3S. The lowest BCUT2D eigenvalue weighted by molar-refractivity contribution is -0.140. The van der Waals surface area contributed by atoms with E-state index in [1.807, 2.05) is 0 Å². The Labute approximate surface area is 120 Å². The number of rotatable bonds is 4. The van der Waals surface area contributed by atoms with Crippen molar-refractivity contribution >= 4 is 23.8 Å². The molecule has 0 aromatic heterocycles. The molecule has 0 aliphatic carbocycles. The van der Waals surface area contributed by atoms with Gasteiger partial charge in [-0.3, -0.25) is 0 Å². The number of hydrogen-bond acceptors (Lipinski definition) is 3. The fourth-order valence-electron chi connectivity index (χ4n) is 1.96. The number of aliphatic carboxylic acids is 1. The molecule has 2 N–H and O–H groups in total. The largest absolute Gasteiger partial charge is 0.480 e. The highest BCUT2D eigenvalue weighted by Gasteiger charge is 2.34. The first-order valence-corrected chi connectivity index (χ1v) is 7.33. The number of carbonyl (C=O) groups excluding carboxylic acids is 1. The van der Waals surface area contributed by atoms with E-state index in [4.69, 9.17) is 5.11 Å². The fraction of sp³-hybridized carbons (Fsp3) is 0.385. The van der Waals surface area contributed by atoms with Crippen LogP contribution in [0.2, 0.25) is 0 Å². The Hall–Kier alpha value is -1.76. The zero-order chi connectivity index (χ0) is 14.5. The van der Waals surface area contributed by atoms with Crippen molar-refractivity contribution in [1.82, 2.24) is 10.2 Å². The summed E-state index contributed by atoms with van der Waals surface area (Å²) in [5.41, 5.74) is 0.788. The molecule has 0 spiro atoms. The van der Waals surface area contributed by atoms with E-state index in [1.54, 1.807) is 12.1 Å². The summed E-state index contributed by atoms with van der Waals surface area (Å²) in [6.45, 7) is 0.343. The molecule has 1 aromatic carbocycles. The van der Waals surface area contributed by atoms with E-state index in [1.165, 1.54) is 28.8 Å². The first-order valence-electron chi connectivity index (χ1n) is 6.17. The first kappa shape index (κ1) is 14.6. The SMILES string of the molecule is O=C(O)C1CSCN1C(=O)NCCc1cccc(F)c1. The minimum Gasteiger partial charge on any atom is -0.480 e. The minimum atomic E-state index is -0.990. The van der Waals surface area contributed by atoms with Crippen LogP contribution >= 0.6 is 11.8 Å². The number of thioether (sulfide) groups is 1. The lowest BCUT2D eigenvalue weighted by Crippen LogP contribution is -2.47. The van der Waals surface area contributed by atoms with Gasteiger partial charge in [-0.15, -0.1) is 11.8 Å². The molecule has 1 aliphatic rings. The van der Waals surface area contributed by atoms with Crippen LogP contribution in [-0.2, 0) is 11.2 Å². The summed E-state index contributed by atoms with van der Waals surface area (Å²) in [6.07, 6.45) is 0.502. The van der Waals surface area contributed by atoms with Crippen molar-refractivity contribution in [1.29, 1.82) is 0 Å². The number of carbonyl (C=O) groups is 2. The molecule has 0 bridgehead atoms. The molecule has 2 amide bonds. The van der Waals surface area contributed by atoms with E-state index in [0.29, 0.717) is 24.6 Å². The van der Waals surface area contributed by atoms with Gasteiger partial charge in [0.2, 0.25) is 0 Å². The second-order valence-electron chi connectivity index (χ2n) is 4.44. The quantitative estimate of drug-likeness (QED) is 0.884. The standard InChI is InChI=1S/C13H15FN2O3S/c14-10-3-1-2-9(6-10)4-5-15-13(19)16-8-20-7-11(16)12(17)18/h1-3,6,11H,4-5,7-8H2,(H,15,19)(H,17,18). The van der Waals surface area contributed by atoms with Gasteiger partial charge in [-0.1, -0.05) is 12.1 Å². The van der Waals surface area contributed by atoms with E-state index >= 15 is 0 Å². The number of carboxylic acid groups (broad SMARTS) is 1. The highest BCUT2D eigenvalue weighted by molar-refractivity contribution is 7.99. The highest BCUT2D eigenvalue weighted by atomic mass is 32.2. The van der Waals surface area contributed by atoms with Crippen molar-refractivity contribution in [3.63, 3.8) is 0 Å². The van der Waals surface area contributed by atoms with Crippen molar-refractivity contribution in [2.75, 3.05) is 18.2 Å². The normalized spacial score (nSPS) is 18.1. The summed E-state index contributed by atoms with van der Waals surface area (Å²) in [7, 11) is 0. The maximum Gasteiger partial charge on any atom is 0.327 e. The third-order valence-corrected chi connectivity index (χ3v) is 4.02. The molecule has 5 nitrogen and oxygen atoms in total. The van der Waals surface area contributed by atoms with Gasteiger partial charge in [-0.25, -0.2) is 14.0 Å². The number of halogens is 1. The average molecular weight is 298 g/mol. The highest BCUT2D eigenvalue weighted by Crippen LogP contribution is 2.20. The van der Waals surface area contributed by atoms with Gasteiger partial charge in [-0.2, -0.15) is 0 Å². The lowest BCUT2D eigenvalue weighted by Gasteiger charge is -2.20. The third-order valence-electron chi connectivity index (χ3n) is 3.01. The molecular weight excluding hydrogens is 283 g/mol. The van der Waals surface area contributed by atoms with Crippen LogP contribution in [0.15, 0.2) is 24.3 Å². The van der Waals surface area contributed by atoms with Crippen molar-refractivity contribution in [3.05, 3.63) is 35.6 Å². The molecule has 1 heterocycles. The number of carboxylic acids is 1. The second-order valence-corrected chi connectivity index (χ2v) is 5.44. The van der Waals surface area contributed by atoms with Gasteiger partial charge in [0.15, 0.2) is 0 Å². The van der Waals surface area contributed by atoms with Gasteiger partial charge in [0.1, 0.15) is 11.9 Å². The van der Waals surface area contributed by atoms with Gasteiger partial charge in [0.05, 0.1) is 5.88 Å². The Bertz CT molecular complexity index is 512. The van der Waals surface area contributed by atoms with Crippen LogP contribution in [-0.4, -0.2) is 46.2 Å². The summed E-state index contributed by atoms with van der Waals surface area (Å²) < 4.78 is 13.0. The number of nitrogens with zero attached hydrogens (tertiary/aromatic N) is 1. The zero-order valence-electron chi connectivity index (χ0n) is 10.7. The van der Waals surface area contributed by atoms with Gasteiger partial charge in [0.25, 0.3) is 0 Å². The Morgan fingerprint density at radius 1 is 1.50 bits per heavy atom. The molecule has 1 atom stereocenters. The van der Waals surface area contributed by atoms with E-state index in [9.17, 15) is 14.0 Å². The average Bonchev–Trinajstić information content (AvgIpc) is 2.88. The fourth-order valence-corrected chi connectivity index (χ4v) is 3.10. The van der Waals surface area contributed by atoms with Crippen LogP contribution in [0.25, 0.3) is 0 Å². The summed E-state index contributed by atoms with van der Waals surface area (Å²) in [4.78, 5) is 24.2. The monoisotopic (exact) mass is 298 g/mol.